The van der Waals surface area contributed by atoms with Crippen molar-refractivity contribution in [3.8, 4) is 0 Å². The highest BCUT2D eigenvalue weighted by Crippen LogP contribution is 2.36. The van der Waals surface area contributed by atoms with Crippen LogP contribution in [0.15, 0.2) is 26.0 Å². The van der Waals surface area contributed by atoms with Gasteiger partial charge in [0.1, 0.15) is 5.82 Å². The number of nitrogens with zero attached hydrogens (tertiary/aromatic N) is 2. The van der Waals surface area contributed by atoms with E-state index in [1.807, 2.05) is 17.8 Å². The van der Waals surface area contributed by atoms with Crippen molar-refractivity contribution < 1.29 is 0 Å². The Balaban J connectivity index is 2.23. The van der Waals surface area contributed by atoms with Crippen LogP contribution in [0.4, 0.5) is 0 Å². The Bertz CT molecular complexity index is 508. The maximum Gasteiger partial charge on any atom is 0.110 e. The summed E-state index contributed by atoms with van der Waals surface area (Å²) < 4.78 is 4.17. The SMILES string of the molecule is Cn1ccnc1CC(NN)c1cc(Br)sc1Br. The predicted octanol–water partition coefficient (Wildman–Crippen LogP) is 2.75. The zero-order valence-corrected chi connectivity index (χ0v) is 13.1. The van der Waals surface area contributed by atoms with E-state index in [0.717, 1.165) is 25.4 Å². The summed E-state index contributed by atoms with van der Waals surface area (Å²) in [6, 6.07) is 2.12. The number of nitrogens with two attached hydrogens (primary N) is 1. The second-order valence-electron chi connectivity index (χ2n) is 3.66. The largest absolute Gasteiger partial charge is 0.338 e. The molecule has 0 aromatic carbocycles. The lowest BCUT2D eigenvalue weighted by Gasteiger charge is -2.15. The van der Waals surface area contributed by atoms with Gasteiger partial charge in [0.25, 0.3) is 0 Å². The fourth-order valence-corrected chi connectivity index (χ4v) is 4.60. The first kappa shape index (κ1) is 13.2. The van der Waals surface area contributed by atoms with E-state index in [9.17, 15) is 0 Å². The molecule has 0 saturated carbocycles. The Morgan fingerprint density at radius 2 is 2.35 bits per heavy atom. The van der Waals surface area contributed by atoms with Crippen LogP contribution in [0.5, 0.6) is 0 Å². The summed E-state index contributed by atoms with van der Waals surface area (Å²) in [6.07, 6.45) is 4.48. The normalized spacial score (nSPS) is 12.9. The van der Waals surface area contributed by atoms with Crippen LogP contribution in [0.2, 0.25) is 0 Å². The molecule has 1 unspecified atom stereocenters. The van der Waals surface area contributed by atoms with Crippen molar-refractivity contribution in [2.75, 3.05) is 0 Å². The number of imidazole rings is 1. The molecule has 0 aliphatic carbocycles. The lowest BCUT2D eigenvalue weighted by Crippen LogP contribution is -2.30. The van der Waals surface area contributed by atoms with Gasteiger partial charge in [0.15, 0.2) is 0 Å². The molecule has 2 aromatic heterocycles. The average molecular weight is 380 g/mol. The number of rotatable bonds is 4. The number of hydrazine groups is 1. The van der Waals surface area contributed by atoms with Crippen molar-refractivity contribution in [1.29, 1.82) is 0 Å². The number of hydrogen-bond acceptors (Lipinski definition) is 4. The smallest absolute Gasteiger partial charge is 0.110 e. The quantitative estimate of drug-likeness (QED) is 0.634. The van der Waals surface area contributed by atoms with Gasteiger partial charge in [-0.1, -0.05) is 0 Å². The first-order valence-corrected chi connectivity index (χ1v) is 7.39. The summed E-state index contributed by atoms with van der Waals surface area (Å²) in [6.45, 7) is 0. The second-order valence-corrected chi connectivity index (χ2v) is 7.41. The Hall–Kier alpha value is -0.210. The van der Waals surface area contributed by atoms with Crippen molar-refractivity contribution >= 4 is 43.2 Å². The predicted molar refractivity (Wildman–Crippen MR) is 76.7 cm³/mol. The van der Waals surface area contributed by atoms with Gasteiger partial charge < -0.3 is 4.57 Å². The zero-order valence-electron chi connectivity index (χ0n) is 9.15. The third kappa shape index (κ3) is 2.97. The molecule has 0 saturated heterocycles. The van der Waals surface area contributed by atoms with Gasteiger partial charge in [-0.15, -0.1) is 11.3 Å². The lowest BCUT2D eigenvalue weighted by molar-refractivity contribution is 0.530. The van der Waals surface area contributed by atoms with Crippen LogP contribution in [0.1, 0.15) is 17.4 Å². The Labute approximate surface area is 120 Å². The molecule has 0 aliphatic heterocycles. The Morgan fingerprint density at radius 1 is 1.59 bits per heavy atom. The molecule has 7 heteroatoms. The number of hydrogen-bond donors (Lipinski definition) is 2. The molecule has 0 bridgehead atoms. The maximum atomic E-state index is 5.63. The number of aromatic nitrogens is 2. The maximum absolute atomic E-state index is 5.63. The van der Waals surface area contributed by atoms with Crippen molar-refractivity contribution in [2.24, 2.45) is 12.9 Å². The summed E-state index contributed by atoms with van der Waals surface area (Å²) in [4.78, 5) is 4.31. The summed E-state index contributed by atoms with van der Waals surface area (Å²) >= 11 is 8.66. The molecule has 1 atom stereocenters. The standard InChI is InChI=1S/C10H12Br2N4S/c1-16-3-2-14-9(16)5-7(15-13)6-4-8(11)17-10(6)12/h2-4,7,15H,5,13H2,1H3. The molecular formula is C10H12Br2N4S. The van der Waals surface area contributed by atoms with Crippen LogP contribution in [0.25, 0.3) is 0 Å². The van der Waals surface area contributed by atoms with Crippen LogP contribution in [0.3, 0.4) is 0 Å². The second kappa shape index (κ2) is 5.62. The molecule has 0 spiro atoms. The van der Waals surface area contributed by atoms with Crippen molar-refractivity contribution in [1.82, 2.24) is 15.0 Å². The minimum Gasteiger partial charge on any atom is -0.338 e. The van der Waals surface area contributed by atoms with Crippen LogP contribution in [-0.2, 0) is 13.5 Å². The average Bonchev–Trinajstić information content (AvgIpc) is 2.82. The fraction of sp³-hybridized carbons (Fsp3) is 0.300. The first-order valence-electron chi connectivity index (χ1n) is 4.99. The molecule has 0 fully saturated rings. The third-order valence-electron chi connectivity index (χ3n) is 2.57. The van der Waals surface area contributed by atoms with Gasteiger partial charge in [-0.2, -0.15) is 0 Å². The van der Waals surface area contributed by atoms with Crippen molar-refractivity contribution in [3.05, 3.63) is 37.4 Å². The van der Waals surface area contributed by atoms with Gasteiger partial charge >= 0.3 is 0 Å². The molecule has 0 radical (unpaired) electrons. The highest BCUT2D eigenvalue weighted by atomic mass is 79.9. The molecule has 3 N–H and O–H groups in total. The fourth-order valence-electron chi connectivity index (χ4n) is 1.62. The van der Waals surface area contributed by atoms with E-state index in [2.05, 4.69) is 48.3 Å². The molecule has 0 aliphatic rings. The Morgan fingerprint density at radius 3 is 2.82 bits per heavy atom. The highest BCUT2D eigenvalue weighted by molar-refractivity contribution is 9.12. The monoisotopic (exact) mass is 378 g/mol. The van der Waals surface area contributed by atoms with Crippen LogP contribution in [0, 0.1) is 0 Å². The lowest BCUT2D eigenvalue weighted by atomic mass is 10.1. The summed E-state index contributed by atoms with van der Waals surface area (Å²) in [5.74, 6) is 6.63. The van der Waals surface area contributed by atoms with E-state index >= 15 is 0 Å². The van der Waals surface area contributed by atoms with Crippen LogP contribution in [-0.4, -0.2) is 9.55 Å². The van der Waals surface area contributed by atoms with E-state index in [-0.39, 0.29) is 6.04 Å². The summed E-state index contributed by atoms with van der Waals surface area (Å²) in [7, 11) is 1.98. The molecule has 92 valence electrons. The number of nitrogens with one attached hydrogen (secondary N) is 1. The van der Waals surface area contributed by atoms with E-state index in [1.54, 1.807) is 17.5 Å². The van der Waals surface area contributed by atoms with Gasteiger partial charge in [-0.05, 0) is 43.5 Å². The molecule has 2 heterocycles. The molecule has 2 aromatic rings. The molecule has 0 amide bonds. The van der Waals surface area contributed by atoms with Crippen LogP contribution < -0.4 is 11.3 Å². The van der Waals surface area contributed by atoms with Gasteiger partial charge in [-0.25, -0.2) is 4.98 Å². The van der Waals surface area contributed by atoms with Gasteiger partial charge in [0, 0.05) is 25.9 Å². The highest BCUT2D eigenvalue weighted by Gasteiger charge is 2.18. The Kier molecular flexibility index (Phi) is 4.37. The van der Waals surface area contributed by atoms with E-state index in [1.165, 1.54) is 0 Å². The molecular weight excluding hydrogens is 368 g/mol. The minimum absolute atomic E-state index is 0.0491. The summed E-state index contributed by atoms with van der Waals surface area (Å²) in [5, 5.41) is 0. The summed E-state index contributed by atoms with van der Waals surface area (Å²) in [5.41, 5.74) is 3.99. The number of halogens is 2. The van der Waals surface area contributed by atoms with Crippen LogP contribution >= 0.6 is 43.2 Å². The van der Waals surface area contributed by atoms with Gasteiger partial charge in [0.2, 0.25) is 0 Å². The van der Waals surface area contributed by atoms with Crippen molar-refractivity contribution in [2.45, 2.75) is 12.5 Å². The van der Waals surface area contributed by atoms with Gasteiger partial charge in [-0.3, -0.25) is 11.3 Å². The third-order valence-corrected chi connectivity index (χ3v) is 4.95. The van der Waals surface area contributed by atoms with Crippen molar-refractivity contribution in [3.63, 3.8) is 0 Å². The first-order chi connectivity index (χ1) is 8.11. The molecule has 17 heavy (non-hydrogen) atoms. The van der Waals surface area contributed by atoms with E-state index in [4.69, 9.17) is 5.84 Å². The molecule has 2 rings (SSSR count). The number of aryl methyl sites for hydroxylation is 1. The van der Waals surface area contributed by atoms with E-state index < -0.39 is 0 Å². The van der Waals surface area contributed by atoms with E-state index in [0.29, 0.717) is 0 Å². The van der Waals surface area contributed by atoms with Gasteiger partial charge in [0.05, 0.1) is 13.6 Å². The minimum atomic E-state index is 0.0491. The zero-order chi connectivity index (χ0) is 12.4. The molecule has 4 nitrogen and oxygen atoms in total. The topological polar surface area (TPSA) is 55.9 Å². The number of thiophene rings is 1.